The molecule has 0 aromatic heterocycles. The van der Waals surface area contributed by atoms with Gasteiger partial charge in [-0.15, -0.1) is 24.0 Å². The van der Waals surface area contributed by atoms with Crippen LogP contribution in [0.1, 0.15) is 25.8 Å². The Morgan fingerprint density at radius 1 is 1.29 bits per heavy atom. The van der Waals surface area contributed by atoms with Crippen molar-refractivity contribution in [2.75, 3.05) is 20.3 Å². The molecule has 1 heterocycles. The summed E-state index contributed by atoms with van der Waals surface area (Å²) >= 11 is 0. The van der Waals surface area contributed by atoms with Crippen LogP contribution in [0.5, 0.6) is 5.75 Å². The number of aliphatic imine (C=N–C) groups is 1. The molecule has 2 N–H and O–H groups in total. The lowest BCUT2D eigenvalue weighted by Crippen LogP contribution is -2.67. The van der Waals surface area contributed by atoms with Gasteiger partial charge in [0.25, 0.3) is 0 Å². The quantitative estimate of drug-likeness (QED) is 0.358. The van der Waals surface area contributed by atoms with Crippen molar-refractivity contribution in [3.63, 3.8) is 0 Å². The van der Waals surface area contributed by atoms with E-state index in [0.29, 0.717) is 30.6 Å². The number of alkyl halides is 3. The number of benzene rings is 1. The van der Waals surface area contributed by atoms with E-state index in [2.05, 4.69) is 29.5 Å². The van der Waals surface area contributed by atoms with Gasteiger partial charge in [0.1, 0.15) is 5.75 Å². The Morgan fingerprint density at radius 3 is 2.57 bits per heavy atom. The molecule has 1 aliphatic heterocycles. The number of hydrogen-bond donors (Lipinski definition) is 2. The SMILES string of the molecule is CN=C(NCc1ccc(OCC(F)(F)F)cc1)NC1C2CCOC2C1(C)C.I. The molecule has 3 atom stereocenters. The zero-order valence-corrected chi connectivity index (χ0v) is 18.5. The van der Waals surface area contributed by atoms with Gasteiger partial charge in [0.15, 0.2) is 12.6 Å². The second-order valence-corrected chi connectivity index (χ2v) is 7.66. The monoisotopic (exact) mass is 513 g/mol. The molecule has 0 amide bonds. The number of nitrogens with one attached hydrogen (secondary N) is 2. The van der Waals surface area contributed by atoms with Crippen molar-refractivity contribution < 1.29 is 22.6 Å². The summed E-state index contributed by atoms with van der Waals surface area (Å²) in [4.78, 5) is 4.28. The van der Waals surface area contributed by atoms with Crippen LogP contribution in [-0.4, -0.2) is 44.5 Å². The fraction of sp³-hybridized carbons (Fsp3) is 0.632. The molecule has 1 saturated carbocycles. The molecule has 0 radical (unpaired) electrons. The molecular formula is C19H27F3IN3O2. The Balaban J connectivity index is 0.00000280. The van der Waals surface area contributed by atoms with E-state index in [1.165, 1.54) is 12.1 Å². The molecule has 1 aromatic rings. The summed E-state index contributed by atoms with van der Waals surface area (Å²) in [5.41, 5.74) is 0.975. The predicted molar refractivity (Wildman–Crippen MR) is 112 cm³/mol. The zero-order chi connectivity index (χ0) is 19.7. The summed E-state index contributed by atoms with van der Waals surface area (Å²) < 4.78 is 47.1. The first kappa shape index (κ1) is 23.1. The van der Waals surface area contributed by atoms with Crippen molar-refractivity contribution >= 4 is 29.9 Å². The average molecular weight is 513 g/mol. The smallest absolute Gasteiger partial charge is 0.422 e. The van der Waals surface area contributed by atoms with Crippen molar-refractivity contribution in [3.05, 3.63) is 29.8 Å². The average Bonchev–Trinajstić information content (AvgIpc) is 3.07. The molecule has 0 spiro atoms. The molecule has 9 heteroatoms. The van der Waals surface area contributed by atoms with Gasteiger partial charge in [-0.2, -0.15) is 13.2 Å². The van der Waals surface area contributed by atoms with E-state index >= 15 is 0 Å². The first-order valence-corrected chi connectivity index (χ1v) is 9.08. The third-order valence-electron chi connectivity index (χ3n) is 5.40. The summed E-state index contributed by atoms with van der Waals surface area (Å²) in [5, 5.41) is 6.75. The molecule has 158 valence electrons. The van der Waals surface area contributed by atoms with Crippen LogP contribution in [0.3, 0.4) is 0 Å². The maximum atomic E-state index is 12.2. The fourth-order valence-electron chi connectivity index (χ4n) is 4.01. The van der Waals surface area contributed by atoms with E-state index in [1.807, 2.05) is 0 Å². The van der Waals surface area contributed by atoms with Crippen LogP contribution >= 0.6 is 24.0 Å². The molecule has 3 rings (SSSR count). The third-order valence-corrected chi connectivity index (χ3v) is 5.40. The van der Waals surface area contributed by atoms with Gasteiger partial charge >= 0.3 is 6.18 Å². The largest absolute Gasteiger partial charge is 0.484 e. The van der Waals surface area contributed by atoms with E-state index in [1.54, 1.807) is 19.2 Å². The highest BCUT2D eigenvalue weighted by molar-refractivity contribution is 14.0. The second-order valence-electron chi connectivity index (χ2n) is 7.66. The molecule has 3 unspecified atom stereocenters. The van der Waals surface area contributed by atoms with Gasteiger partial charge in [0.05, 0.1) is 6.10 Å². The van der Waals surface area contributed by atoms with Crippen LogP contribution in [0.2, 0.25) is 0 Å². The lowest BCUT2D eigenvalue weighted by molar-refractivity contribution is -0.153. The molecule has 2 aliphatic rings. The molecule has 1 saturated heterocycles. The van der Waals surface area contributed by atoms with Gasteiger partial charge in [-0.05, 0) is 24.1 Å². The maximum Gasteiger partial charge on any atom is 0.422 e. The van der Waals surface area contributed by atoms with Crippen molar-refractivity contribution in [2.45, 2.75) is 45.1 Å². The Hall–Kier alpha value is -1.23. The minimum absolute atomic E-state index is 0. The first-order chi connectivity index (χ1) is 12.7. The van der Waals surface area contributed by atoms with Crippen LogP contribution in [0.25, 0.3) is 0 Å². The van der Waals surface area contributed by atoms with Gasteiger partial charge in [-0.1, -0.05) is 26.0 Å². The topological polar surface area (TPSA) is 54.9 Å². The van der Waals surface area contributed by atoms with Crippen molar-refractivity contribution in [2.24, 2.45) is 16.3 Å². The summed E-state index contributed by atoms with van der Waals surface area (Å²) in [6, 6.07) is 6.85. The van der Waals surface area contributed by atoms with E-state index in [4.69, 9.17) is 9.47 Å². The normalized spacial score (nSPS) is 25.9. The summed E-state index contributed by atoms with van der Waals surface area (Å²) in [6.07, 6.45) is -2.98. The minimum atomic E-state index is -4.34. The molecule has 1 aromatic carbocycles. The van der Waals surface area contributed by atoms with E-state index in [0.717, 1.165) is 18.6 Å². The van der Waals surface area contributed by atoms with Gasteiger partial charge < -0.3 is 20.1 Å². The number of rotatable bonds is 5. The lowest BCUT2D eigenvalue weighted by atomic mass is 9.57. The van der Waals surface area contributed by atoms with E-state index < -0.39 is 12.8 Å². The standard InChI is InChI=1S/C19H26F3N3O2.HI/c1-18(2)15(14-8-9-26-16(14)18)25-17(23-3)24-10-12-4-6-13(7-5-12)27-11-19(20,21)22;/h4-7,14-16H,8-11H2,1-3H3,(H2,23,24,25);1H. The Bertz CT molecular complexity index is 680. The second kappa shape index (κ2) is 9.06. The summed E-state index contributed by atoms with van der Waals surface area (Å²) in [5.74, 6) is 1.40. The molecule has 5 nitrogen and oxygen atoms in total. The highest BCUT2D eigenvalue weighted by atomic mass is 127. The summed E-state index contributed by atoms with van der Waals surface area (Å²) in [7, 11) is 1.72. The first-order valence-electron chi connectivity index (χ1n) is 9.08. The van der Waals surface area contributed by atoms with Crippen molar-refractivity contribution in [1.82, 2.24) is 10.6 Å². The number of ether oxygens (including phenoxy) is 2. The highest BCUT2D eigenvalue weighted by Crippen LogP contribution is 2.52. The molecular weight excluding hydrogens is 486 g/mol. The number of fused-ring (bicyclic) bond motifs is 1. The summed E-state index contributed by atoms with van der Waals surface area (Å²) in [6.45, 7) is 4.43. The van der Waals surface area contributed by atoms with Crippen LogP contribution in [0.4, 0.5) is 13.2 Å². The van der Waals surface area contributed by atoms with Crippen molar-refractivity contribution in [1.29, 1.82) is 0 Å². The Morgan fingerprint density at radius 2 is 1.96 bits per heavy atom. The number of hydrogen-bond acceptors (Lipinski definition) is 3. The fourth-order valence-corrected chi connectivity index (χ4v) is 4.01. The van der Waals surface area contributed by atoms with E-state index in [-0.39, 0.29) is 35.1 Å². The highest BCUT2D eigenvalue weighted by Gasteiger charge is 2.59. The number of guanidine groups is 1. The molecule has 1 aliphatic carbocycles. The molecule has 0 bridgehead atoms. The maximum absolute atomic E-state index is 12.2. The van der Waals surface area contributed by atoms with Gasteiger partial charge in [-0.25, -0.2) is 0 Å². The minimum Gasteiger partial charge on any atom is -0.484 e. The number of nitrogens with zero attached hydrogens (tertiary/aromatic N) is 1. The zero-order valence-electron chi connectivity index (χ0n) is 16.2. The van der Waals surface area contributed by atoms with Crippen LogP contribution < -0.4 is 15.4 Å². The third kappa shape index (κ3) is 5.22. The Labute approximate surface area is 180 Å². The predicted octanol–water partition coefficient (Wildman–Crippen LogP) is 3.72. The van der Waals surface area contributed by atoms with Gasteiger partial charge in [0, 0.05) is 37.6 Å². The van der Waals surface area contributed by atoms with Crippen LogP contribution in [0, 0.1) is 11.3 Å². The van der Waals surface area contributed by atoms with E-state index in [9.17, 15) is 13.2 Å². The van der Waals surface area contributed by atoms with Crippen LogP contribution in [-0.2, 0) is 11.3 Å². The lowest BCUT2D eigenvalue weighted by Gasteiger charge is -2.54. The van der Waals surface area contributed by atoms with Crippen LogP contribution in [0.15, 0.2) is 29.3 Å². The van der Waals surface area contributed by atoms with Gasteiger partial charge in [-0.3, -0.25) is 4.99 Å². The number of halogens is 4. The van der Waals surface area contributed by atoms with Gasteiger partial charge in [0.2, 0.25) is 0 Å². The molecule has 28 heavy (non-hydrogen) atoms. The van der Waals surface area contributed by atoms with Crippen molar-refractivity contribution in [3.8, 4) is 5.75 Å². The molecule has 2 fully saturated rings. The Kier molecular flexibility index (Phi) is 7.46.